The Kier molecular flexibility index (Phi) is 7.99. The number of ether oxygens (including phenoxy) is 1. The van der Waals surface area contributed by atoms with Gasteiger partial charge in [-0.2, -0.15) is 5.10 Å². The molecule has 0 atom stereocenters. The number of hydrogen-bond donors (Lipinski definition) is 1. The van der Waals surface area contributed by atoms with Crippen LogP contribution in [-0.4, -0.2) is 39.7 Å². The molecule has 0 unspecified atom stereocenters. The molecule has 0 fully saturated rings. The maximum absolute atomic E-state index is 12.4. The second-order valence-electron chi connectivity index (χ2n) is 6.95. The lowest BCUT2D eigenvalue weighted by Crippen LogP contribution is -2.20. The summed E-state index contributed by atoms with van der Waals surface area (Å²) in [7, 11) is 1.58. The molecule has 0 aliphatic carbocycles. The fourth-order valence-electron chi connectivity index (χ4n) is 3.10. The highest BCUT2D eigenvalue weighted by molar-refractivity contribution is 9.10. The standard InChI is InChI=1S/C24H19BrClN5O2S/c1-33-21-12-9-18(25)13-17(21)14-27-28-22(32)15-34-24-30-29-23(16-7-10-19(26)11-8-16)31(24)20-5-3-2-4-6-20/h2-14H,15H2,1H3,(H,28,32)/b27-14+. The zero-order valence-corrected chi connectivity index (χ0v) is 21.1. The molecule has 0 aliphatic rings. The van der Waals surface area contributed by atoms with Gasteiger partial charge in [0.05, 0.1) is 19.1 Å². The Morgan fingerprint density at radius 3 is 2.65 bits per heavy atom. The summed E-state index contributed by atoms with van der Waals surface area (Å²) >= 11 is 10.7. The summed E-state index contributed by atoms with van der Waals surface area (Å²) in [5.74, 6) is 1.15. The van der Waals surface area contributed by atoms with Crippen molar-refractivity contribution in [2.24, 2.45) is 5.10 Å². The Balaban J connectivity index is 1.49. The largest absolute Gasteiger partial charge is 0.496 e. The van der Waals surface area contributed by atoms with Gasteiger partial charge in [-0.3, -0.25) is 9.36 Å². The number of hydrazone groups is 1. The number of hydrogen-bond acceptors (Lipinski definition) is 6. The molecule has 3 aromatic carbocycles. The molecule has 34 heavy (non-hydrogen) atoms. The molecule has 0 saturated heterocycles. The maximum Gasteiger partial charge on any atom is 0.250 e. The predicted molar refractivity (Wildman–Crippen MR) is 139 cm³/mol. The van der Waals surface area contributed by atoms with E-state index in [2.05, 4.69) is 36.7 Å². The summed E-state index contributed by atoms with van der Waals surface area (Å²) < 4.78 is 8.11. The van der Waals surface area contributed by atoms with Crippen molar-refractivity contribution in [3.63, 3.8) is 0 Å². The van der Waals surface area contributed by atoms with E-state index in [-0.39, 0.29) is 11.7 Å². The highest BCUT2D eigenvalue weighted by Gasteiger charge is 2.17. The second-order valence-corrected chi connectivity index (χ2v) is 9.25. The van der Waals surface area contributed by atoms with Crippen LogP contribution >= 0.6 is 39.3 Å². The third-order valence-corrected chi connectivity index (χ3v) is 6.34. The van der Waals surface area contributed by atoms with Crippen molar-refractivity contribution in [1.82, 2.24) is 20.2 Å². The number of aromatic nitrogens is 3. The van der Waals surface area contributed by atoms with Crippen LogP contribution in [0.4, 0.5) is 0 Å². The first kappa shape index (κ1) is 24.0. The van der Waals surface area contributed by atoms with E-state index in [1.807, 2.05) is 65.2 Å². The molecule has 1 amide bonds. The van der Waals surface area contributed by atoms with Crippen LogP contribution in [0.5, 0.6) is 5.75 Å². The van der Waals surface area contributed by atoms with Gasteiger partial charge in [0.15, 0.2) is 11.0 Å². The van der Waals surface area contributed by atoms with Crippen LogP contribution in [0.2, 0.25) is 5.02 Å². The monoisotopic (exact) mass is 555 g/mol. The van der Waals surface area contributed by atoms with Gasteiger partial charge in [0, 0.05) is 26.3 Å². The Labute approximate surface area is 214 Å². The van der Waals surface area contributed by atoms with Gasteiger partial charge in [-0.25, -0.2) is 5.43 Å². The first-order valence-corrected chi connectivity index (χ1v) is 12.3. The molecule has 10 heteroatoms. The number of thioether (sulfide) groups is 1. The van der Waals surface area contributed by atoms with Crippen molar-refractivity contribution in [2.45, 2.75) is 5.16 Å². The van der Waals surface area contributed by atoms with Crippen LogP contribution < -0.4 is 10.2 Å². The van der Waals surface area contributed by atoms with Crippen molar-refractivity contribution in [1.29, 1.82) is 0 Å². The first-order valence-electron chi connectivity index (χ1n) is 10.1. The molecule has 1 heterocycles. The Morgan fingerprint density at radius 1 is 1.15 bits per heavy atom. The molecular formula is C24H19BrClN5O2S. The van der Waals surface area contributed by atoms with Gasteiger partial charge >= 0.3 is 0 Å². The summed E-state index contributed by atoms with van der Waals surface area (Å²) in [6.07, 6.45) is 1.54. The second kappa shape index (κ2) is 11.3. The molecule has 0 radical (unpaired) electrons. The van der Waals surface area contributed by atoms with Crippen molar-refractivity contribution >= 4 is 51.4 Å². The van der Waals surface area contributed by atoms with Crippen molar-refractivity contribution in [3.05, 3.63) is 87.9 Å². The third kappa shape index (κ3) is 5.85. The molecular weight excluding hydrogens is 538 g/mol. The number of para-hydroxylation sites is 1. The van der Waals surface area contributed by atoms with E-state index in [9.17, 15) is 4.79 Å². The lowest BCUT2D eigenvalue weighted by Gasteiger charge is -2.10. The molecule has 0 aliphatic heterocycles. The Bertz CT molecular complexity index is 1310. The number of rotatable bonds is 8. The minimum absolute atomic E-state index is 0.110. The highest BCUT2D eigenvalue weighted by Crippen LogP contribution is 2.28. The highest BCUT2D eigenvalue weighted by atomic mass is 79.9. The lowest BCUT2D eigenvalue weighted by atomic mass is 10.2. The summed E-state index contributed by atoms with van der Waals surface area (Å²) in [5.41, 5.74) is 5.03. The van der Waals surface area contributed by atoms with Crippen LogP contribution in [0.1, 0.15) is 5.56 Å². The number of amides is 1. The van der Waals surface area contributed by atoms with E-state index in [4.69, 9.17) is 16.3 Å². The van der Waals surface area contributed by atoms with Gasteiger partial charge in [-0.15, -0.1) is 10.2 Å². The molecule has 1 N–H and O–H groups in total. The average Bonchev–Trinajstić information content (AvgIpc) is 3.28. The number of benzene rings is 3. The van der Waals surface area contributed by atoms with Crippen LogP contribution in [0.25, 0.3) is 17.1 Å². The molecule has 0 bridgehead atoms. The van der Waals surface area contributed by atoms with Crippen LogP contribution in [0, 0.1) is 0 Å². The number of carbonyl (C=O) groups excluding carboxylic acids is 1. The van der Waals surface area contributed by atoms with E-state index < -0.39 is 0 Å². The summed E-state index contributed by atoms with van der Waals surface area (Å²) in [4.78, 5) is 12.4. The molecule has 4 aromatic rings. The Morgan fingerprint density at radius 2 is 1.91 bits per heavy atom. The summed E-state index contributed by atoms with van der Waals surface area (Å²) in [6.45, 7) is 0. The zero-order valence-electron chi connectivity index (χ0n) is 18.0. The third-order valence-electron chi connectivity index (χ3n) is 4.67. The predicted octanol–water partition coefficient (Wildman–Crippen LogP) is 5.60. The topological polar surface area (TPSA) is 81.4 Å². The summed E-state index contributed by atoms with van der Waals surface area (Å²) in [5, 5.41) is 14.0. The normalized spacial score (nSPS) is 11.0. The van der Waals surface area contributed by atoms with Crippen molar-refractivity contribution in [2.75, 3.05) is 12.9 Å². The average molecular weight is 557 g/mol. The van der Waals surface area contributed by atoms with Gasteiger partial charge in [-0.1, -0.05) is 57.5 Å². The van der Waals surface area contributed by atoms with Crippen LogP contribution in [0.15, 0.2) is 87.5 Å². The molecule has 7 nitrogen and oxygen atoms in total. The van der Waals surface area contributed by atoms with Gasteiger partial charge in [0.1, 0.15) is 5.75 Å². The fourth-order valence-corrected chi connectivity index (χ4v) is 4.35. The molecule has 172 valence electrons. The number of halogens is 2. The number of methoxy groups -OCH3 is 1. The van der Waals surface area contributed by atoms with E-state index in [1.165, 1.54) is 18.0 Å². The van der Waals surface area contributed by atoms with Crippen LogP contribution in [0.3, 0.4) is 0 Å². The van der Waals surface area contributed by atoms with Gasteiger partial charge in [0.25, 0.3) is 5.91 Å². The lowest BCUT2D eigenvalue weighted by molar-refractivity contribution is -0.118. The van der Waals surface area contributed by atoms with Gasteiger partial charge < -0.3 is 4.74 Å². The van der Waals surface area contributed by atoms with Gasteiger partial charge in [-0.05, 0) is 54.6 Å². The quantitative estimate of drug-likeness (QED) is 0.174. The van der Waals surface area contributed by atoms with Crippen LogP contribution in [-0.2, 0) is 4.79 Å². The van der Waals surface area contributed by atoms with E-state index >= 15 is 0 Å². The first-order chi connectivity index (χ1) is 16.5. The fraction of sp³-hybridized carbons (Fsp3) is 0.0833. The summed E-state index contributed by atoms with van der Waals surface area (Å²) in [6, 6.07) is 22.7. The minimum Gasteiger partial charge on any atom is -0.496 e. The molecule has 0 spiro atoms. The van der Waals surface area contributed by atoms with E-state index in [0.717, 1.165) is 21.3 Å². The van der Waals surface area contributed by atoms with Crippen molar-refractivity contribution in [3.8, 4) is 22.8 Å². The van der Waals surface area contributed by atoms with Crippen molar-refractivity contribution < 1.29 is 9.53 Å². The number of carbonyl (C=O) groups is 1. The molecule has 0 saturated carbocycles. The van der Waals surface area contributed by atoms with E-state index in [0.29, 0.717) is 21.8 Å². The number of nitrogens with zero attached hydrogens (tertiary/aromatic N) is 4. The minimum atomic E-state index is -0.272. The number of nitrogens with one attached hydrogen (secondary N) is 1. The molecule has 4 rings (SSSR count). The molecule has 1 aromatic heterocycles. The Hall–Kier alpha value is -3.14. The van der Waals surface area contributed by atoms with Gasteiger partial charge in [0.2, 0.25) is 0 Å². The maximum atomic E-state index is 12.4. The SMILES string of the molecule is COc1ccc(Br)cc1/C=N/NC(=O)CSc1nnc(-c2ccc(Cl)cc2)n1-c1ccccc1. The smallest absolute Gasteiger partial charge is 0.250 e. The van der Waals surface area contributed by atoms with E-state index in [1.54, 1.807) is 19.2 Å². The zero-order chi connectivity index (χ0) is 23.9.